The molecule has 5 rings (SSSR count). The first-order valence-corrected chi connectivity index (χ1v) is 12.0. The summed E-state index contributed by atoms with van der Waals surface area (Å²) in [5.74, 6) is -0.626. The summed E-state index contributed by atoms with van der Waals surface area (Å²) in [5.41, 5.74) is 0.568. The number of anilines is 1. The van der Waals surface area contributed by atoms with E-state index < -0.39 is 34.2 Å². The zero-order valence-corrected chi connectivity index (χ0v) is 19.8. The summed E-state index contributed by atoms with van der Waals surface area (Å²) in [6, 6.07) is 15.0. The molecule has 1 fully saturated rings. The van der Waals surface area contributed by atoms with Crippen LogP contribution in [0.2, 0.25) is 0 Å². The minimum absolute atomic E-state index is 0.102. The number of methoxy groups -OCH3 is 1. The highest BCUT2D eigenvalue weighted by atomic mass is 32.2. The third kappa shape index (κ3) is 3.89. The van der Waals surface area contributed by atoms with Crippen molar-refractivity contribution in [3.05, 3.63) is 94.8 Å². The quantitative estimate of drug-likeness (QED) is 0.434. The Balaban J connectivity index is 1.59. The number of benzene rings is 3. The van der Waals surface area contributed by atoms with E-state index in [2.05, 4.69) is 0 Å². The normalized spacial score (nSPS) is 19.2. The van der Waals surface area contributed by atoms with Crippen LogP contribution in [0.15, 0.2) is 66.7 Å². The molecular formula is C26H20F4N2O3S. The van der Waals surface area contributed by atoms with Crippen LogP contribution in [0.25, 0.3) is 0 Å². The molecule has 2 heterocycles. The molecule has 0 radical (unpaired) electrons. The van der Waals surface area contributed by atoms with E-state index in [1.807, 2.05) is 0 Å². The van der Waals surface area contributed by atoms with Crippen molar-refractivity contribution in [1.82, 2.24) is 4.90 Å². The van der Waals surface area contributed by atoms with Crippen LogP contribution in [-0.4, -0.2) is 36.1 Å². The number of alkyl halides is 3. The zero-order chi connectivity index (χ0) is 25.7. The Labute approximate surface area is 208 Å². The number of halogens is 4. The van der Waals surface area contributed by atoms with Crippen molar-refractivity contribution in [2.75, 3.05) is 24.3 Å². The molecule has 1 atom stereocenters. The molecule has 0 unspecified atom stereocenters. The minimum atomic E-state index is -4.52. The van der Waals surface area contributed by atoms with E-state index in [0.717, 1.165) is 18.2 Å². The highest BCUT2D eigenvalue weighted by molar-refractivity contribution is 8.01. The van der Waals surface area contributed by atoms with Crippen molar-refractivity contribution in [2.45, 2.75) is 17.6 Å². The van der Waals surface area contributed by atoms with Gasteiger partial charge in [0.05, 0.1) is 24.9 Å². The number of amides is 2. The lowest BCUT2D eigenvalue weighted by Gasteiger charge is -2.33. The molecule has 1 spiro atoms. The van der Waals surface area contributed by atoms with Crippen LogP contribution in [0.4, 0.5) is 23.2 Å². The number of carbonyl (C=O) groups is 2. The molecule has 2 aliphatic rings. The largest absolute Gasteiger partial charge is 0.497 e. The number of nitrogens with zero attached hydrogens (tertiary/aromatic N) is 2. The molecule has 5 nitrogen and oxygen atoms in total. The molecule has 3 aromatic rings. The maximum Gasteiger partial charge on any atom is 0.416 e. The van der Waals surface area contributed by atoms with Gasteiger partial charge in [-0.3, -0.25) is 9.59 Å². The van der Waals surface area contributed by atoms with E-state index in [4.69, 9.17) is 4.74 Å². The molecule has 0 saturated carbocycles. The van der Waals surface area contributed by atoms with Gasteiger partial charge >= 0.3 is 6.18 Å². The second-order valence-electron chi connectivity index (χ2n) is 8.43. The predicted molar refractivity (Wildman–Crippen MR) is 127 cm³/mol. The summed E-state index contributed by atoms with van der Waals surface area (Å²) >= 11 is 1.26. The summed E-state index contributed by atoms with van der Waals surface area (Å²) in [6.07, 6.45) is -4.52. The van der Waals surface area contributed by atoms with Crippen LogP contribution in [0, 0.1) is 5.82 Å². The average Bonchev–Trinajstić information content (AvgIpc) is 3.40. The van der Waals surface area contributed by atoms with E-state index in [-0.39, 0.29) is 18.7 Å². The van der Waals surface area contributed by atoms with Gasteiger partial charge in [0.25, 0.3) is 11.8 Å². The number of ether oxygens (including phenoxy) is 1. The van der Waals surface area contributed by atoms with Gasteiger partial charge in [0.15, 0.2) is 4.87 Å². The summed E-state index contributed by atoms with van der Waals surface area (Å²) in [6.45, 7) is 0.117. The van der Waals surface area contributed by atoms with E-state index in [1.54, 1.807) is 18.2 Å². The first kappa shape index (κ1) is 24.2. The third-order valence-corrected chi connectivity index (χ3v) is 7.73. The smallest absolute Gasteiger partial charge is 0.416 e. The number of hydrogen-bond acceptors (Lipinski definition) is 4. The topological polar surface area (TPSA) is 49.9 Å². The first-order valence-electron chi connectivity index (χ1n) is 11.0. The Bertz CT molecular complexity index is 1360. The fourth-order valence-corrected chi connectivity index (χ4v) is 6.14. The van der Waals surface area contributed by atoms with E-state index in [9.17, 15) is 27.2 Å². The zero-order valence-electron chi connectivity index (χ0n) is 19.0. The Morgan fingerprint density at radius 2 is 1.86 bits per heavy atom. The molecule has 0 aliphatic carbocycles. The number of carbonyl (C=O) groups excluding carboxylic acids is 2. The van der Waals surface area contributed by atoms with Crippen LogP contribution in [-0.2, 0) is 22.4 Å². The summed E-state index contributed by atoms with van der Waals surface area (Å²) in [5, 5.41) is 0. The monoisotopic (exact) mass is 516 g/mol. The predicted octanol–water partition coefficient (Wildman–Crippen LogP) is 5.44. The van der Waals surface area contributed by atoms with E-state index in [1.165, 1.54) is 59.0 Å². The number of fused-ring (bicyclic) bond motifs is 2. The highest BCUT2D eigenvalue weighted by Crippen LogP contribution is 2.55. The highest BCUT2D eigenvalue weighted by Gasteiger charge is 2.59. The van der Waals surface area contributed by atoms with E-state index in [0.29, 0.717) is 28.3 Å². The number of rotatable bonds is 4. The van der Waals surface area contributed by atoms with Gasteiger partial charge in [-0.05, 0) is 54.1 Å². The van der Waals surface area contributed by atoms with Crippen molar-refractivity contribution in [2.24, 2.45) is 0 Å². The van der Waals surface area contributed by atoms with Gasteiger partial charge in [-0.25, -0.2) is 4.39 Å². The molecule has 2 aliphatic heterocycles. The lowest BCUT2D eigenvalue weighted by Crippen LogP contribution is -2.50. The lowest BCUT2D eigenvalue weighted by molar-refractivity contribution is -0.137. The maximum absolute atomic E-state index is 14.1. The Morgan fingerprint density at radius 3 is 2.58 bits per heavy atom. The van der Waals surface area contributed by atoms with Gasteiger partial charge in [-0.15, -0.1) is 11.8 Å². The minimum Gasteiger partial charge on any atom is -0.497 e. The maximum atomic E-state index is 14.1. The molecule has 0 aromatic heterocycles. The lowest BCUT2D eigenvalue weighted by atomic mass is 10.0. The molecule has 0 N–H and O–H groups in total. The van der Waals surface area contributed by atoms with Crippen LogP contribution >= 0.6 is 11.8 Å². The van der Waals surface area contributed by atoms with Crippen LogP contribution in [0.3, 0.4) is 0 Å². The van der Waals surface area contributed by atoms with Crippen LogP contribution < -0.4 is 9.64 Å². The number of hydrogen-bond donors (Lipinski definition) is 0. The SMILES string of the molecule is COc1ccc2c(c1)[C@@]1(SCCN1C(=O)c1cccc(F)c1)C(=O)N2Cc1cccc(C(F)(F)F)c1. The Morgan fingerprint density at radius 1 is 1.08 bits per heavy atom. The summed E-state index contributed by atoms with van der Waals surface area (Å²) in [4.78, 5) is 28.9. The Kier molecular flexibility index (Phi) is 5.94. The van der Waals surface area contributed by atoms with Gasteiger partial charge in [0.1, 0.15) is 11.6 Å². The van der Waals surface area contributed by atoms with Crippen molar-refractivity contribution in [3.63, 3.8) is 0 Å². The standard InChI is InChI=1S/C26H20F4N2O3S/c1-35-20-8-9-22-21(14-20)25(32(10-11-36-25)23(33)17-5-3-7-19(27)13-17)24(34)31(22)15-16-4-2-6-18(12-16)26(28,29)30/h2-9,12-14H,10-11,15H2,1H3/t25-/m1/s1. The molecule has 36 heavy (non-hydrogen) atoms. The number of thioether (sulfide) groups is 1. The van der Waals surface area contributed by atoms with Crippen molar-refractivity contribution in [3.8, 4) is 5.75 Å². The van der Waals surface area contributed by atoms with Crippen LogP contribution in [0.1, 0.15) is 27.0 Å². The fourth-order valence-electron chi connectivity index (χ4n) is 4.68. The van der Waals surface area contributed by atoms with Gasteiger partial charge in [-0.2, -0.15) is 13.2 Å². The molecule has 2 amide bonds. The second-order valence-corrected chi connectivity index (χ2v) is 9.72. The second kappa shape index (κ2) is 8.85. The fraction of sp³-hybridized carbons (Fsp3) is 0.231. The van der Waals surface area contributed by atoms with E-state index >= 15 is 0 Å². The molecule has 3 aromatic carbocycles. The van der Waals surface area contributed by atoms with Gasteiger partial charge < -0.3 is 14.5 Å². The Hall–Kier alpha value is -3.53. The van der Waals surface area contributed by atoms with Gasteiger partial charge in [0.2, 0.25) is 0 Å². The van der Waals surface area contributed by atoms with Gasteiger partial charge in [-0.1, -0.05) is 18.2 Å². The summed E-state index contributed by atoms with van der Waals surface area (Å²) in [7, 11) is 1.48. The summed E-state index contributed by atoms with van der Waals surface area (Å²) < 4.78 is 59.1. The molecular weight excluding hydrogens is 496 g/mol. The molecule has 10 heteroatoms. The molecule has 0 bridgehead atoms. The van der Waals surface area contributed by atoms with Crippen LogP contribution in [0.5, 0.6) is 5.75 Å². The van der Waals surface area contributed by atoms with Crippen molar-refractivity contribution >= 4 is 29.3 Å². The molecule has 186 valence electrons. The average molecular weight is 517 g/mol. The van der Waals surface area contributed by atoms with Crippen molar-refractivity contribution < 1.29 is 31.9 Å². The van der Waals surface area contributed by atoms with Gasteiger partial charge in [0, 0.05) is 23.4 Å². The molecule has 1 saturated heterocycles. The third-order valence-electron chi connectivity index (χ3n) is 6.31. The van der Waals surface area contributed by atoms with Crippen molar-refractivity contribution in [1.29, 1.82) is 0 Å². The first-order chi connectivity index (χ1) is 17.1.